The van der Waals surface area contributed by atoms with Crippen molar-refractivity contribution in [3.63, 3.8) is 0 Å². The molecule has 0 unspecified atom stereocenters. The number of hydrogen-bond acceptors (Lipinski definition) is 5. The molecule has 2 aromatic rings. The maximum atomic E-state index is 10.7. The Kier molecular flexibility index (Phi) is 3.59. The Morgan fingerprint density at radius 1 is 1.50 bits per heavy atom. The van der Waals surface area contributed by atoms with Crippen LogP contribution in [-0.2, 0) is 6.54 Å². The SMILES string of the molecule is CNCc1coc(-c2cc(Cl)cc([N+](=O)[O-])c2)n1. The molecule has 18 heavy (non-hydrogen) atoms. The van der Waals surface area contributed by atoms with Crippen molar-refractivity contribution in [3.8, 4) is 11.5 Å². The number of aromatic nitrogens is 1. The normalized spacial score (nSPS) is 10.6. The van der Waals surface area contributed by atoms with E-state index in [1.165, 1.54) is 18.4 Å². The van der Waals surface area contributed by atoms with Gasteiger partial charge in [-0.05, 0) is 13.1 Å². The highest BCUT2D eigenvalue weighted by molar-refractivity contribution is 6.31. The number of benzene rings is 1. The highest BCUT2D eigenvalue weighted by Gasteiger charge is 2.13. The van der Waals surface area contributed by atoms with Crippen LogP contribution in [0.4, 0.5) is 5.69 Å². The third-order valence-electron chi connectivity index (χ3n) is 2.25. The Balaban J connectivity index is 2.39. The average Bonchev–Trinajstić information content (AvgIpc) is 2.77. The topological polar surface area (TPSA) is 81.2 Å². The lowest BCUT2D eigenvalue weighted by Crippen LogP contribution is -2.04. The Hall–Kier alpha value is -1.92. The fourth-order valence-corrected chi connectivity index (χ4v) is 1.73. The highest BCUT2D eigenvalue weighted by Crippen LogP contribution is 2.27. The van der Waals surface area contributed by atoms with E-state index < -0.39 is 4.92 Å². The molecule has 0 bridgehead atoms. The number of nitro groups is 1. The smallest absolute Gasteiger partial charge is 0.271 e. The van der Waals surface area contributed by atoms with E-state index >= 15 is 0 Å². The van der Waals surface area contributed by atoms with Crippen LogP contribution in [0.2, 0.25) is 5.02 Å². The van der Waals surface area contributed by atoms with Crippen LogP contribution >= 0.6 is 11.6 Å². The molecular weight excluding hydrogens is 258 g/mol. The molecule has 1 heterocycles. The summed E-state index contributed by atoms with van der Waals surface area (Å²) < 4.78 is 5.26. The largest absolute Gasteiger partial charge is 0.444 e. The lowest BCUT2D eigenvalue weighted by molar-refractivity contribution is -0.384. The first-order valence-corrected chi connectivity index (χ1v) is 5.52. The predicted molar refractivity (Wildman–Crippen MR) is 66.4 cm³/mol. The lowest BCUT2D eigenvalue weighted by atomic mass is 10.2. The molecule has 0 aliphatic rings. The van der Waals surface area contributed by atoms with Crippen molar-refractivity contribution < 1.29 is 9.34 Å². The van der Waals surface area contributed by atoms with E-state index in [1.54, 1.807) is 13.1 Å². The second-order valence-corrected chi connectivity index (χ2v) is 4.07. The van der Waals surface area contributed by atoms with Gasteiger partial charge in [0.1, 0.15) is 6.26 Å². The van der Waals surface area contributed by atoms with E-state index in [4.69, 9.17) is 16.0 Å². The summed E-state index contributed by atoms with van der Waals surface area (Å²) in [4.78, 5) is 14.4. The van der Waals surface area contributed by atoms with Crippen molar-refractivity contribution in [3.05, 3.63) is 45.3 Å². The van der Waals surface area contributed by atoms with Crippen molar-refractivity contribution in [2.24, 2.45) is 0 Å². The molecule has 0 saturated heterocycles. The summed E-state index contributed by atoms with van der Waals surface area (Å²) in [6, 6.07) is 4.23. The van der Waals surface area contributed by atoms with E-state index in [9.17, 15) is 10.1 Å². The van der Waals surface area contributed by atoms with Crippen molar-refractivity contribution >= 4 is 17.3 Å². The van der Waals surface area contributed by atoms with E-state index in [1.807, 2.05) is 0 Å². The number of non-ortho nitro benzene ring substituents is 1. The molecule has 7 heteroatoms. The maximum absolute atomic E-state index is 10.7. The van der Waals surface area contributed by atoms with Gasteiger partial charge in [-0.15, -0.1) is 0 Å². The lowest BCUT2D eigenvalue weighted by Gasteiger charge is -1.97. The van der Waals surface area contributed by atoms with Gasteiger partial charge in [-0.1, -0.05) is 11.6 Å². The van der Waals surface area contributed by atoms with Crippen molar-refractivity contribution in [2.75, 3.05) is 7.05 Å². The molecular formula is C11H10ClN3O3. The monoisotopic (exact) mass is 267 g/mol. The number of oxazole rings is 1. The van der Waals surface area contributed by atoms with Crippen LogP contribution in [0.1, 0.15) is 5.69 Å². The molecule has 2 rings (SSSR count). The number of halogens is 1. The van der Waals surface area contributed by atoms with Crippen molar-refractivity contribution in [1.82, 2.24) is 10.3 Å². The molecule has 1 aromatic heterocycles. The maximum Gasteiger partial charge on any atom is 0.271 e. The van der Waals surface area contributed by atoms with Crippen LogP contribution in [0.3, 0.4) is 0 Å². The summed E-state index contributed by atoms with van der Waals surface area (Å²) in [5.41, 5.74) is 1.11. The molecule has 6 nitrogen and oxygen atoms in total. The van der Waals surface area contributed by atoms with Gasteiger partial charge in [0.05, 0.1) is 10.6 Å². The van der Waals surface area contributed by atoms with Gasteiger partial charge in [-0.2, -0.15) is 0 Å². The minimum Gasteiger partial charge on any atom is -0.444 e. The Morgan fingerprint density at radius 3 is 2.94 bits per heavy atom. The third-order valence-corrected chi connectivity index (χ3v) is 2.47. The van der Waals surface area contributed by atoms with Crippen LogP contribution in [-0.4, -0.2) is 17.0 Å². The minimum atomic E-state index is -0.507. The molecule has 0 amide bonds. The van der Waals surface area contributed by atoms with Gasteiger partial charge in [0.2, 0.25) is 5.89 Å². The van der Waals surface area contributed by atoms with Crippen LogP contribution in [0.25, 0.3) is 11.5 Å². The van der Waals surface area contributed by atoms with E-state index in [-0.39, 0.29) is 10.7 Å². The standard InChI is InChI=1S/C11H10ClN3O3/c1-13-5-9-6-18-11(14-9)7-2-8(12)4-10(3-7)15(16)17/h2-4,6,13H,5H2,1H3. The van der Waals surface area contributed by atoms with E-state index in [0.29, 0.717) is 18.0 Å². The van der Waals surface area contributed by atoms with Crippen molar-refractivity contribution in [1.29, 1.82) is 0 Å². The molecule has 0 spiro atoms. The first kappa shape index (κ1) is 12.5. The molecule has 0 fully saturated rings. The number of hydrogen-bond donors (Lipinski definition) is 1. The van der Waals surface area contributed by atoms with Gasteiger partial charge >= 0.3 is 0 Å². The molecule has 94 valence electrons. The quantitative estimate of drug-likeness (QED) is 0.680. The van der Waals surface area contributed by atoms with Gasteiger partial charge in [0.15, 0.2) is 0 Å². The zero-order valence-electron chi connectivity index (χ0n) is 9.51. The zero-order chi connectivity index (χ0) is 13.1. The van der Waals surface area contributed by atoms with E-state index in [2.05, 4.69) is 10.3 Å². The van der Waals surface area contributed by atoms with Gasteiger partial charge in [0.25, 0.3) is 5.69 Å². The van der Waals surface area contributed by atoms with Gasteiger partial charge in [-0.3, -0.25) is 10.1 Å². The van der Waals surface area contributed by atoms with Gasteiger partial charge in [-0.25, -0.2) is 4.98 Å². The Labute approximate surface area is 108 Å². The fourth-order valence-electron chi connectivity index (χ4n) is 1.50. The molecule has 0 radical (unpaired) electrons. The summed E-state index contributed by atoms with van der Waals surface area (Å²) in [6.07, 6.45) is 1.50. The predicted octanol–water partition coefficient (Wildman–Crippen LogP) is 2.62. The van der Waals surface area contributed by atoms with E-state index in [0.717, 1.165) is 5.69 Å². The minimum absolute atomic E-state index is 0.0918. The highest BCUT2D eigenvalue weighted by atomic mass is 35.5. The van der Waals surface area contributed by atoms with Crippen molar-refractivity contribution in [2.45, 2.75) is 6.54 Å². The summed E-state index contributed by atoms with van der Waals surface area (Å²) in [5, 5.41) is 13.9. The summed E-state index contributed by atoms with van der Waals surface area (Å²) in [6.45, 7) is 0.562. The van der Waals surface area contributed by atoms with Gasteiger partial charge in [0, 0.05) is 29.3 Å². The molecule has 0 saturated carbocycles. The average molecular weight is 268 g/mol. The van der Waals surface area contributed by atoms with Crippen LogP contribution in [0.15, 0.2) is 28.9 Å². The first-order valence-electron chi connectivity index (χ1n) is 5.14. The third kappa shape index (κ3) is 2.66. The molecule has 0 atom stereocenters. The number of nitrogens with one attached hydrogen (secondary N) is 1. The second kappa shape index (κ2) is 5.16. The molecule has 0 aliphatic heterocycles. The van der Waals surface area contributed by atoms with Crippen LogP contribution < -0.4 is 5.32 Å². The first-order chi connectivity index (χ1) is 8.60. The Bertz CT molecular complexity index is 583. The van der Waals surface area contributed by atoms with Gasteiger partial charge < -0.3 is 9.73 Å². The number of nitro benzene ring substituents is 1. The summed E-state index contributed by atoms with van der Waals surface area (Å²) in [7, 11) is 1.79. The summed E-state index contributed by atoms with van der Waals surface area (Å²) >= 11 is 5.83. The number of rotatable bonds is 4. The molecule has 1 aromatic carbocycles. The summed E-state index contributed by atoms with van der Waals surface area (Å²) in [5.74, 6) is 0.311. The van der Waals surface area contributed by atoms with Crippen LogP contribution in [0.5, 0.6) is 0 Å². The van der Waals surface area contributed by atoms with Crippen LogP contribution in [0, 0.1) is 10.1 Å². The molecule has 1 N–H and O–H groups in total. The number of nitrogens with zero attached hydrogens (tertiary/aromatic N) is 2. The fraction of sp³-hybridized carbons (Fsp3) is 0.182. The zero-order valence-corrected chi connectivity index (χ0v) is 10.3. The Morgan fingerprint density at radius 2 is 2.28 bits per heavy atom. The molecule has 0 aliphatic carbocycles. The second-order valence-electron chi connectivity index (χ2n) is 3.63.